The molecule has 1 saturated carbocycles. The lowest BCUT2D eigenvalue weighted by Crippen LogP contribution is -2.66. The lowest BCUT2D eigenvalue weighted by Gasteiger charge is -2.54. The van der Waals surface area contributed by atoms with Crippen molar-refractivity contribution < 1.29 is 27.4 Å². The summed E-state index contributed by atoms with van der Waals surface area (Å²) in [5.41, 5.74) is 3.01. The molecule has 1 N–H and O–H groups in total. The summed E-state index contributed by atoms with van der Waals surface area (Å²) in [4.78, 5) is 21.2. The number of benzene rings is 2. The highest BCUT2D eigenvalue weighted by Crippen LogP contribution is 2.47. The van der Waals surface area contributed by atoms with Crippen LogP contribution >= 0.6 is 11.6 Å². The maximum Gasteiger partial charge on any atom is 0.264 e. The van der Waals surface area contributed by atoms with Crippen molar-refractivity contribution in [2.24, 2.45) is 17.8 Å². The Hall–Kier alpha value is -2.67. The van der Waals surface area contributed by atoms with Crippen molar-refractivity contribution in [3.8, 4) is 5.75 Å². The smallest absolute Gasteiger partial charge is 0.264 e. The van der Waals surface area contributed by atoms with Gasteiger partial charge < -0.3 is 19.1 Å². The van der Waals surface area contributed by atoms with Crippen molar-refractivity contribution >= 4 is 33.2 Å². The molecule has 5 atom stereocenters. The number of anilines is 1. The van der Waals surface area contributed by atoms with E-state index in [2.05, 4.69) is 45.4 Å². The van der Waals surface area contributed by atoms with Gasteiger partial charge in [0.25, 0.3) is 5.91 Å². The van der Waals surface area contributed by atoms with E-state index in [-0.39, 0.29) is 17.4 Å². The summed E-state index contributed by atoms with van der Waals surface area (Å²) in [5, 5.41) is -0.0634. The molecule has 2 saturated heterocycles. The Kier molecular flexibility index (Phi) is 12.0. The van der Waals surface area contributed by atoms with Gasteiger partial charge in [-0.2, -0.15) is 0 Å². The molecule has 5 aliphatic rings. The monoisotopic (exact) mass is 782 g/mol. The zero-order chi connectivity index (χ0) is 38.1. The zero-order valence-electron chi connectivity index (χ0n) is 32.5. The van der Waals surface area contributed by atoms with Gasteiger partial charge in [-0.05, 0) is 119 Å². The molecule has 4 aliphatic heterocycles. The average molecular weight is 783 g/mol. The van der Waals surface area contributed by atoms with E-state index in [4.69, 9.17) is 25.8 Å². The first-order valence-corrected chi connectivity index (χ1v) is 22.0. The number of hydrogen-bond acceptors (Lipinski definition) is 9. The number of allylic oxidation sites excluding steroid dienone is 1. The topological polar surface area (TPSA) is 101 Å². The van der Waals surface area contributed by atoms with Gasteiger partial charge in [-0.15, -0.1) is 0 Å². The summed E-state index contributed by atoms with van der Waals surface area (Å²) in [6.07, 6.45) is 9.95. The third kappa shape index (κ3) is 8.37. The number of rotatable bonds is 5. The Morgan fingerprint density at radius 3 is 2.50 bits per heavy atom. The van der Waals surface area contributed by atoms with Crippen molar-refractivity contribution in [3.63, 3.8) is 0 Å². The van der Waals surface area contributed by atoms with Gasteiger partial charge in [0.1, 0.15) is 18.0 Å². The lowest BCUT2D eigenvalue weighted by atomic mass is 9.63. The van der Waals surface area contributed by atoms with E-state index in [1.165, 1.54) is 5.56 Å². The maximum atomic E-state index is 13.7. The molecule has 0 radical (unpaired) electrons. The predicted molar refractivity (Wildman–Crippen MR) is 214 cm³/mol. The number of nitrogens with one attached hydrogen (secondary N) is 1. The highest BCUT2D eigenvalue weighted by atomic mass is 35.5. The standard InChI is InChI=1S/C42H59ClN4O6S/c1-5-53-42(27-45-19-21-47(22-20-45)41(4)28-51-29-41)17-8-9-30(2)31(3)54(49,50)44-40(48)33-13-16-39-38(24-33)46(25-34-12-15-37(34)42)18-7-6-10-32-23-36(43)14-11-35(32)26-52-39/h8,11,13-14,16-17,23-24,30-31,34,37H,5-7,9-10,12,15,18-22,25-29H2,1-4H3,(H,44,48)/b17-8+/t30-,31+,34-,37+,42+/m0/s1. The second-order valence-corrected chi connectivity index (χ2v) is 19.1. The number of hydrogen-bond donors (Lipinski definition) is 1. The van der Waals surface area contributed by atoms with Crippen molar-refractivity contribution in [2.75, 3.05) is 70.5 Å². The number of halogens is 1. The summed E-state index contributed by atoms with van der Waals surface area (Å²) in [6, 6.07) is 11.3. The van der Waals surface area contributed by atoms with E-state index in [1.54, 1.807) is 13.0 Å². The molecule has 7 rings (SSSR count). The summed E-state index contributed by atoms with van der Waals surface area (Å²) in [5.74, 6) is 0.456. The number of sulfonamides is 1. The molecule has 10 nitrogen and oxygen atoms in total. The number of carbonyl (C=O) groups is 1. The maximum absolute atomic E-state index is 13.7. The molecule has 296 valence electrons. The van der Waals surface area contributed by atoms with Crippen LogP contribution in [-0.4, -0.2) is 106 Å². The largest absolute Gasteiger partial charge is 0.487 e. The van der Waals surface area contributed by atoms with Crippen LogP contribution in [0.25, 0.3) is 0 Å². The van der Waals surface area contributed by atoms with Crippen LogP contribution in [0.3, 0.4) is 0 Å². The van der Waals surface area contributed by atoms with E-state index in [1.807, 2.05) is 37.3 Å². The van der Waals surface area contributed by atoms with E-state index in [9.17, 15) is 13.2 Å². The number of carbonyl (C=O) groups excluding carboxylic acids is 1. The second-order valence-electron chi connectivity index (χ2n) is 16.7. The van der Waals surface area contributed by atoms with Crippen LogP contribution in [0.4, 0.5) is 5.69 Å². The summed E-state index contributed by atoms with van der Waals surface area (Å²) in [7, 11) is -3.96. The Labute approximate surface area is 327 Å². The summed E-state index contributed by atoms with van der Waals surface area (Å²) < 4.78 is 48.8. The average Bonchev–Trinajstić information content (AvgIpc) is 3.15. The predicted octanol–water partition coefficient (Wildman–Crippen LogP) is 6.31. The fourth-order valence-electron chi connectivity index (χ4n) is 9.19. The van der Waals surface area contributed by atoms with Crippen LogP contribution in [-0.2, 0) is 32.5 Å². The van der Waals surface area contributed by atoms with E-state index >= 15 is 0 Å². The first kappa shape index (κ1) is 39.6. The van der Waals surface area contributed by atoms with Crippen LogP contribution in [0, 0.1) is 17.8 Å². The molecule has 1 aliphatic carbocycles. The normalized spacial score (nSPS) is 31.3. The Morgan fingerprint density at radius 1 is 1.00 bits per heavy atom. The molecule has 4 heterocycles. The van der Waals surface area contributed by atoms with Gasteiger partial charge in [0.2, 0.25) is 10.0 Å². The highest BCUT2D eigenvalue weighted by molar-refractivity contribution is 7.90. The summed E-state index contributed by atoms with van der Waals surface area (Å²) >= 11 is 6.42. The van der Waals surface area contributed by atoms with Gasteiger partial charge in [0.05, 0.1) is 29.7 Å². The van der Waals surface area contributed by atoms with Crippen LogP contribution in [0.1, 0.15) is 81.3 Å². The van der Waals surface area contributed by atoms with Gasteiger partial charge in [0.15, 0.2) is 0 Å². The third-order valence-corrected chi connectivity index (χ3v) is 15.2. The number of nitrogens with zero attached hydrogens (tertiary/aromatic N) is 3. The van der Waals surface area contributed by atoms with Gasteiger partial charge in [0, 0.05) is 63.0 Å². The molecule has 3 fully saturated rings. The number of fused-ring (bicyclic) bond motifs is 3. The van der Waals surface area contributed by atoms with Crippen molar-refractivity contribution in [1.82, 2.24) is 14.5 Å². The van der Waals surface area contributed by atoms with E-state index in [0.29, 0.717) is 36.9 Å². The Bertz CT molecular complexity index is 1790. The third-order valence-electron chi connectivity index (χ3n) is 13.0. The van der Waals surface area contributed by atoms with E-state index < -0.39 is 26.8 Å². The Balaban J connectivity index is 1.24. The van der Waals surface area contributed by atoms with Gasteiger partial charge in [-0.25, -0.2) is 13.1 Å². The zero-order valence-corrected chi connectivity index (χ0v) is 34.1. The number of amides is 1. The second kappa shape index (κ2) is 16.4. The fraction of sp³-hybridized carbons (Fsp3) is 0.643. The van der Waals surface area contributed by atoms with Gasteiger partial charge in [-0.1, -0.05) is 36.7 Å². The minimum atomic E-state index is -3.96. The molecule has 2 aromatic carbocycles. The molecular weight excluding hydrogens is 724 g/mol. The van der Waals surface area contributed by atoms with Crippen LogP contribution < -0.4 is 14.4 Å². The number of piperazine rings is 1. The first-order chi connectivity index (χ1) is 25.9. The van der Waals surface area contributed by atoms with Crippen LogP contribution in [0.5, 0.6) is 5.75 Å². The lowest BCUT2D eigenvalue weighted by molar-refractivity contribution is -0.148. The van der Waals surface area contributed by atoms with Crippen LogP contribution in [0.2, 0.25) is 5.02 Å². The van der Waals surface area contributed by atoms with Crippen LogP contribution in [0.15, 0.2) is 48.6 Å². The molecule has 54 heavy (non-hydrogen) atoms. The molecule has 2 aromatic rings. The minimum Gasteiger partial charge on any atom is -0.487 e. The van der Waals surface area contributed by atoms with Crippen molar-refractivity contribution in [1.29, 1.82) is 0 Å². The summed E-state index contributed by atoms with van der Waals surface area (Å²) in [6.45, 7) is 16.9. The van der Waals surface area contributed by atoms with Gasteiger partial charge in [-0.3, -0.25) is 14.6 Å². The first-order valence-electron chi connectivity index (χ1n) is 20.1. The quantitative estimate of drug-likeness (QED) is 0.350. The number of aryl methyl sites for hydroxylation is 1. The SMILES string of the molecule is CCO[C@@]1(CN2CCN(C3(C)COC3)CC2)/C=C/C[C@H](C)[C@@H](C)S(=O)(=O)NC(=O)c2ccc3c(c2)N(CCCCc2cc(Cl)ccc2CO3)C[C@@H]2CC[C@H]21. The van der Waals surface area contributed by atoms with Gasteiger partial charge >= 0.3 is 0 Å². The molecule has 0 aromatic heterocycles. The molecule has 12 heteroatoms. The van der Waals surface area contributed by atoms with Crippen molar-refractivity contribution in [3.05, 3.63) is 70.3 Å². The number of ether oxygens (including phenoxy) is 3. The Morgan fingerprint density at radius 2 is 1.80 bits per heavy atom. The highest BCUT2D eigenvalue weighted by Gasteiger charge is 2.49. The molecule has 1 amide bonds. The molecule has 0 unspecified atom stereocenters. The molecule has 0 spiro atoms. The molecular formula is C42H59ClN4O6S. The minimum absolute atomic E-state index is 0.135. The fourth-order valence-corrected chi connectivity index (χ4v) is 10.7. The van der Waals surface area contributed by atoms with E-state index in [0.717, 1.165) is 107 Å². The molecule has 2 bridgehead atoms. The van der Waals surface area contributed by atoms with Crippen molar-refractivity contribution in [2.45, 2.75) is 89.2 Å².